The Balaban J connectivity index is 1.72. The normalized spacial score (nSPS) is 11.1. The number of ether oxygens (including phenoxy) is 1. The zero-order chi connectivity index (χ0) is 20.1. The molecule has 0 aliphatic carbocycles. The van der Waals surface area contributed by atoms with Crippen LogP contribution < -0.4 is 10.1 Å². The lowest BCUT2D eigenvalue weighted by Crippen LogP contribution is -2.15. The molecule has 0 atom stereocenters. The van der Waals surface area contributed by atoms with Crippen LogP contribution in [0.1, 0.15) is 5.56 Å². The second-order valence-electron chi connectivity index (χ2n) is 6.03. The first kappa shape index (κ1) is 19.5. The van der Waals surface area contributed by atoms with Crippen LogP contribution in [0.25, 0.3) is 0 Å². The number of rotatable bonds is 6. The second kappa shape index (κ2) is 8.18. The van der Waals surface area contributed by atoms with E-state index in [1.54, 1.807) is 36.4 Å². The number of nitrogens with zero attached hydrogens (tertiary/aromatic N) is 1. The van der Waals surface area contributed by atoms with E-state index in [0.29, 0.717) is 11.3 Å². The van der Waals surface area contributed by atoms with E-state index in [1.807, 2.05) is 0 Å². The highest BCUT2D eigenvalue weighted by Crippen LogP contribution is 2.28. The van der Waals surface area contributed by atoms with Gasteiger partial charge in [0.05, 0.1) is 11.3 Å². The van der Waals surface area contributed by atoms with Crippen molar-refractivity contribution in [3.05, 3.63) is 78.2 Å². The number of amides is 1. The van der Waals surface area contributed by atoms with E-state index in [9.17, 15) is 17.6 Å². The summed E-state index contributed by atoms with van der Waals surface area (Å²) in [6, 6.07) is 15.2. The molecule has 0 spiro atoms. The number of carbonyl (C=O) groups excluding carboxylic acids is 1. The lowest BCUT2D eigenvalue weighted by molar-refractivity contribution is -0.115. The first-order chi connectivity index (χ1) is 13.3. The third kappa shape index (κ3) is 4.92. The van der Waals surface area contributed by atoms with Crippen LogP contribution in [-0.2, 0) is 21.1 Å². The molecule has 0 saturated carbocycles. The van der Waals surface area contributed by atoms with E-state index in [1.165, 1.54) is 30.5 Å². The van der Waals surface area contributed by atoms with Gasteiger partial charge in [-0.15, -0.1) is 0 Å². The number of sulfone groups is 1. The van der Waals surface area contributed by atoms with Crippen molar-refractivity contribution in [2.75, 3.05) is 11.6 Å². The highest BCUT2D eigenvalue weighted by molar-refractivity contribution is 7.90. The maximum atomic E-state index is 13.8. The van der Waals surface area contributed by atoms with Crippen molar-refractivity contribution in [3.8, 4) is 11.6 Å². The lowest BCUT2D eigenvalue weighted by Gasteiger charge is -2.11. The molecule has 0 aliphatic heterocycles. The summed E-state index contributed by atoms with van der Waals surface area (Å²) in [5.41, 5.74) is 0.939. The number of pyridine rings is 1. The molecular weight excluding hydrogens is 383 g/mol. The molecule has 8 heteroatoms. The summed E-state index contributed by atoms with van der Waals surface area (Å²) in [4.78, 5) is 16.6. The molecule has 6 nitrogen and oxygen atoms in total. The summed E-state index contributed by atoms with van der Waals surface area (Å²) in [7, 11) is -3.29. The Hall–Kier alpha value is -3.26. The van der Waals surface area contributed by atoms with Gasteiger partial charge in [-0.1, -0.05) is 24.3 Å². The minimum absolute atomic E-state index is 0.00642. The van der Waals surface area contributed by atoms with Crippen LogP contribution in [0.5, 0.6) is 11.6 Å². The Morgan fingerprint density at radius 2 is 1.79 bits per heavy atom. The zero-order valence-corrected chi connectivity index (χ0v) is 15.7. The van der Waals surface area contributed by atoms with Crippen LogP contribution in [0.3, 0.4) is 0 Å². The summed E-state index contributed by atoms with van der Waals surface area (Å²) in [6.07, 6.45) is 2.61. The SMILES string of the molecule is CS(=O)(=O)c1ccc(CC(=O)Nc2cccnc2Oc2ccccc2F)cc1. The minimum Gasteiger partial charge on any atom is -0.434 e. The van der Waals surface area contributed by atoms with Crippen LogP contribution in [0.15, 0.2) is 71.8 Å². The van der Waals surface area contributed by atoms with Gasteiger partial charge in [0.1, 0.15) is 5.69 Å². The summed E-state index contributed by atoms with van der Waals surface area (Å²) in [6.45, 7) is 0. The second-order valence-corrected chi connectivity index (χ2v) is 8.05. The van der Waals surface area contributed by atoms with Crippen molar-refractivity contribution >= 4 is 21.4 Å². The van der Waals surface area contributed by atoms with Gasteiger partial charge in [-0.25, -0.2) is 17.8 Å². The minimum atomic E-state index is -3.29. The van der Waals surface area contributed by atoms with E-state index in [-0.39, 0.29) is 28.9 Å². The van der Waals surface area contributed by atoms with Crippen molar-refractivity contribution in [2.24, 2.45) is 0 Å². The van der Waals surface area contributed by atoms with Crippen LogP contribution in [-0.4, -0.2) is 25.6 Å². The van der Waals surface area contributed by atoms with Crippen molar-refractivity contribution in [1.29, 1.82) is 0 Å². The topological polar surface area (TPSA) is 85.4 Å². The number of nitrogens with one attached hydrogen (secondary N) is 1. The quantitative estimate of drug-likeness (QED) is 0.683. The standard InChI is InChI=1S/C20H17FN2O4S/c1-28(25,26)15-10-8-14(9-11-15)13-19(24)23-17-6-4-12-22-20(17)27-18-7-3-2-5-16(18)21/h2-12H,13H2,1H3,(H,23,24). The highest BCUT2D eigenvalue weighted by atomic mass is 32.2. The van der Waals surface area contributed by atoms with Crippen LogP contribution >= 0.6 is 0 Å². The summed E-state index contributed by atoms with van der Waals surface area (Å²) >= 11 is 0. The number of para-hydroxylation sites is 1. The van der Waals surface area contributed by atoms with Gasteiger partial charge in [0.15, 0.2) is 21.4 Å². The molecule has 1 aromatic heterocycles. The van der Waals surface area contributed by atoms with Crippen molar-refractivity contribution < 1.29 is 22.3 Å². The Bertz CT molecular complexity index is 1100. The van der Waals surface area contributed by atoms with Crippen molar-refractivity contribution in [1.82, 2.24) is 4.98 Å². The highest BCUT2D eigenvalue weighted by Gasteiger charge is 2.13. The Kier molecular flexibility index (Phi) is 5.70. The van der Waals surface area contributed by atoms with Crippen LogP contribution in [0.4, 0.5) is 10.1 Å². The average Bonchev–Trinajstić information content (AvgIpc) is 2.65. The molecule has 1 N–H and O–H groups in total. The smallest absolute Gasteiger partial charge is 0.243 e. The largest absolute Gasteiger partial charge is 0.434 e. The Morgan fingerprint density at radius 3 is 2.46 bits per heavy atom. The third-order valence-electron chi connectivity index (χ3n) is 3.80. The number of hydrogen-bond acceptors (Lipinski definition) is 5. The predicted octanol–water partition coefficient (Wildman–Crippen LogP) is 3.60. The summed E-state index contributed by atoms with van der Waals surface area (Å²) in [5.74, 6) is -0.837. The van der Waals surface area contributed by atoms with Gasteiger partial charge in [0, 0.05) is 12.5 Å². The molecule has 0 radical (unpaired) electrons. The lowest BCUT2D eigenvalue weighted by atomic mass is 10.1. The van der Waals surface area contributed by atoms with E-state index in [0.717, 1.165) is 6.26 Å². The fourth-order valence-corrected chi connectivity index (χ4v) is 3.06. The number of carbonyl (C=O) groups is 1. The van der Waals surface area contributed by atoms with Crippen molar-refractivity contribution in [2.45, 2.75) is 11.3 Å². The third-order valence-corrected chi connectivity index (χ3v) is 4.93. The first-order valence-electron chi connectivity index (χ1n) is 8.29. The van der Waals surface area contributed by atoms with Gasteiger partial charge in [-0.2, -0.15) is 0 Å². The van der Waals surface area contributed by atoms with E-state index in [2.05, 4.69) is 10.3 Å². The summed E-state index contributed by atoms with van der Waals surface area (Å²) < 4.78 is 42.3. The van der Waals surface area contributed by atoms with Gasteiger partial charge >= 0.3 is 0 Å². The Labute approximate surface area is 161 Å². The zero-order valence-electron chi connectivity index (χ0n) is 14.9. The molecule has 2 aromatic carbocycles. The fraction of sp³-hybridized carbons (Fsp3) is 0.100. The molecular formula is C20H17FN2O4S. The van der Waals surface area contributed by atoms with E-state index in [4.69, 9.17) is 4.74 Å². The Morgan fingerprint density at radius 1 is 1.07 bits per heavy atom. The maximum absolute atomic E-state index is 13.8. The van der Waals surface area contributed by atoms with Crippen LogP contribution in [0, 0.1) is 5.82 Å². The number of anilines is 1. The molecule has 3 rings (SSSR count). The van der Waals surface area contributed by atoms with Gasteiger partial charge < -0.3 is 10.1 Å². The molecule has 0 unspecified atom stereocenters. The number of benzene rings is 2. The monoisotopic (exact) mass is 400 g/mol. The fourth-order valence-electron chi connectivity index (χ4n) is 2.43. The summed E-state index contributed by atoms with van der Waals surface area (Å²) in [5, 5.41) is 2.68. The predicted molar refractivity (Wildman–Crippen MR) is 103 cm³/mol. The molecule has 1 heterocycles. The molecule has 0 aliphatic rings. The van der Waals surface area contributed by atoms with E-state index < -0.39 is 15.7 Å². The number of hydrogen-bond donors (Lipinski definition) is 1. The molecule has 3 aromatic rings. The van der Waals surface area contributed by atoms with Gasteiger partial charge in [0.25, 0.3) is 0 Å². The number of aromatic nitrogens is 1. The van der Waals surface area contributed by atoms with Gasteiger partial charge in [0.2, 0.25) is 11.8 Å². The maximum Gasteiger partial charge on any atom is 0.243 e. The van der Waals surface area contributed by atoms with Crippen molar-refractivity contribution in [3.63, 3.8) is 0 Å². The molecule has 0 bridgehead atoms. The van der Waals surface area contributed by atoms with Gasteiger partial charge in [-0.3, -0.25) is 4.79 Å². The van der Waals surface area contributed by atoms with Gasteiger partial charge in [-0.05, 0) is 42.0 Å². The molecule has 28 heavy (non-hydrogen) atoms. The molecule has 0 fully saturated rings. The average molecular weight is 400 g/mol. The molecule has 144 valence electrons. The number of halogens is 1. The van der Waals surface area contributed by atoms with Crippen LogP contribution in [0.2, 0.25) is 0 Å². The first-order valence-corrected chi connectivity index (χ1v) is 10.2. The molecule has 0 saturated heterocycles. The molecule has 1 amide bonds. The van der Waals surface area contributed by atoms with E-state index >= 15 is 0 Å².